The molecule has 1 aromatic heterocycles. The molecule has 20 heavy (non-hydrogen) atoms. The Morgan fingerprint density at radius 3 is 2.60 bits per heavy atom. The van der Waals surface area contributed by atoms with Gasteiger partial charge in [-0.05, 0) is 0 Å². The molecule has 0 saturated heterocycles. The lowest BCUT2D eigenvalue weighted by molar-refractivity contribution is -0.671. The zero-order chi connectivity index (χ0) is 14.8. The summed E-state index contributed by atoms with van der Waals surface area (Å²) in [4.78, 5) is 0. The molecule has 0 aliphatic carbocycles. The average molecular weight is 305 g/mol. The van der Waals surface area contributed by atoms with Gasteiger partial charge in [-0.3, -0.25) is 0 Å². The fourth-order valence-corrected chi connectivity index (χ4v) is 3.72. The van der Waals surface area contributed by atoms with Crippen LogP contribution in [0.1, 0.15) is 12.1 Å². The van der Waals surface area contributed by atoms with E-state index < -0.39 is 8.80 Å². The van der Waals surface area contributed by atoms with Crippen molar-refractivity contribution in [1.82, 2.24) is 15.0 Å². The number of quaternary nitrogens is 2. The lowest BCUT2D eigenvalue weighted by Gasteiger charge is -2.23. The van der Waals surface area contributed by atoms with Gasteiger partial charge < -0.3 is 24.3 Å². The van der Waals surface area contributed by atoms with E-state index in [-0.39, 0.29) is 0 Å². The van der Waals surface area contributed by atoms with Crippen molar-refractivity contribution in [3.05, 3.63) is 11.9 Å². The van der Waals surface area contributed by atoms with E-state index in [0.717, 1.165) is 44.3 Å². The summed E-state index contributed by atoms with van der Waals surface area (Å²) < 4.78 is 18.0. The largest absolute Gasteiger partial charge is 0.500 e. The van der Waals surface area contributed by atoms with E-state index in [9.17, 15) is 0 Å². The van der Waals surface area contributed by atoms with Gasteiger partial charge in [0.1, 0.15) is 12.2 Å². The number of hydrogen-bond donors (Lipinski definition) is 2. The summed E-state index contributed by atoms with van der Waals surface area (Å²) in [7, 11) is 2.52. The summed E-state index contributed by atoms with van der Waals surface area (Å²) in [5.41, 5.74) is 4.79. The second-order valence-electron chi connectivity index (χ2n) is 4.51. The maximum atomic E-state index is 5.38. The quantitative estimate of drug-likeness (QED) is 0.358. The SMILES string of the molecule is CO[Si](CCC[NH2+]Cc1cn(CC[NH3+])nn1)(OC)OC. The molecule has 9 heteroatoms. The van der Waals surface area contributed by atoms with Crippen molar-refractivity contribution in [3.8, 4) is 0 Å². The fraction of sp³-hybridized carbons (Fsp3) is 0.818. The van der Waals surface area contributed by atoms with E-state index in [2.05, 4.69) is 21.4 Å². The fourth-order valence-electron chi connectivity index (χ4n) is 1.97. The highest BCUT2D eigenvalue weighted by Crippen LogP contribution is 2.13. The van der Waals surface area contributed by atoms with Crippen molar-refractivity contribution < 1.29 is 24.3 Å². The van der Waals surface area contributed by atoms with Crippen LogP contribution in [-0.4, -0.2) is 58.2 Å². The van der Waals surface area contributed by atoms with E-state index in [1.165, 1.54) is 0 Å². The number of rotatable bonds is 11. The third kappa shape index (κ3) is 5.27. The Morgan fingerprint density at radius 1 is 1.30 bits per heavy atom. The number of hydrogen-bond acceptors (Lipinski definition) is 5. The highest BCUT2D eigenvalue weighted by atomic mass is 28.4. The minimum Gasteiger partial charge on any atom is -0.377 e. The smallest absolute Gasteiger partial charge is 0.377 e. The Balaban J connectivity index is 2.21. The van der Waals surface area contributed by atoms with Crippen molar-refractivity contribution >= 4 is 8.80 Å². The van der Waals surface area contributed by atoms with Gasteiger partial charge in [0.05, 0.1) is 25.8 Å². The van der Waals surface area contributed by atoms with E-state index in [0.29, 0.717) is 0 Å². The molecule has 8 nitrogen and oxygen atoms in total. The molecule has 116 valence electrons. The zero-order valence-corrected chi connectivity index (χ0v) is 13.7. The third-order valence-electron chi connectivity index (χ3n) is 3.15. The maximum absolute atomic E-state index is 5.38. The van der Waals surface area contributed by atoms with E-state index >= 15 is 0 Å². The van der Waals surface area contributed by atoms with Crippen molar-refractivity contribution in [3.63, 3.8) is 0 Å². The summed E-state index contributed by atoms with van der Waals surface area (Å²) in [6.07, 6.45) is 2.95. The molecule has 1 aromatic rings. The van der Waals surface area contributed by atoms with E-state index in [1.54, 1.807) is 21.3 Å². The van der Waals surface area contributed by atoms with Gasteiger partial charge in [0, 0.05) is 33.8 Å². The van der Waals surface area contributed by atoms with Crippen LogP contribution in [0.2, 0.25) is 6.04 Å². The first-order valence-corrected chi connectivity index (χ1v) is 8.78. The van der Waals surface area contributed by atoms with Gasteiger partial charge in [-0.1, -0.05) is 5.21 Å². The van der Waals surface area contributed by atoms with Gasteiger partial charge in [0.25, 0.3) is 0 Å². The second kappa shape index (κ2) is 9.16. The van der Waals surface area contributed by atoms with Crippen LogP contribution in [-0.2, 0) is 26.4 Å². The van der Waals surface area contributed by atoms with Crippen LogP contribution in [0.4, 0.5) is 0 Å². The topological polar surface area (TPSA) is 103 Å². The Morgan fingerprint density at radius 2 is 2.00 bits per heavy atom. The minimum absolute atomic E-state index is 0.816. The Bertz CT molecular complexity index is 364. The van der Waals surface area contributed by atoms with Crippen LogP contribution in [0.5, 0.6) is 0 Å². The molecule has 0 atom stereocenters. The molecule has 0 bridgehead atoms. The lowest BCUT2D eigenvalue weighted by Crippen LogP contribution is -2.82. The first kappa shape index (κ1) is 17.2. The molecule has 0 aromatic carbocycles. The van der Waals surface area contributed by atoms with Gasteiger partial charge in [-0.15, -0.1) is 5.10 Å². The third-order valence-corrected chi connectivity index (χ3v) is 5.98. The van der Waals surface area contributed by atoms with Crippen LogP contribution in [0, 0.1) is 0 Å². The molecule has 0 amide bonds. The number of nitrogens with zero attached hydrogens (tertiary/aromatic N) is 3. The molecule has 1 rings (SSSR count). The predicted octanol–water partition coefficient (Wildman–Crippen LogP) is -2.15. The lowest BCUT2D eigenvalue weighted by atomic mass is 10.4. The van der Waals surface area contributed by atoms with Crippen LogP contribution in [0.3, 0.4) is 0 Å². The van der Waals surface area contributed by atoms with Crippen molar-refractivity contribution in [1.29, 1.82) is 0 Å². The zero-order valence-electron chi connectivity index (χ0n) is 12.7. The van der Waals surface area contributed by atoms with Crippen LogP contribution >= 0.6 is 0 Å². The highest BCUT2D eigenvalue weighted by molar-refractivity contribution is 6.60. The molecule has 1 heterocycles. The Hall–Kier alpha value is -0.843. The first-order chi connectivity index (χ1) is 9.69. The summed E-state index contributed by atoms with van der Waals surface area (Å²) in [6.45, 7) is 3.45. The molecular weight excluding hydrogens is 278 g/mol. The molecule has 0 spiro atoms. The molecule has 0 radical (unpaired) electrons. The molecule has 0 unspecified atom stereocenters. The standard InChI is InChI=1S/C11H25N5O3Si/c1-17-20(18-2,19-3)8-4-6-13-9-11-10-16(7-5-12)15-14-11/h10,13H,4-9,12H2,1-3H3/p+2. The molecule has 0 saturated carbocycles. The monoisotopic (exact) mass is 305 g/mol. The normalized spacial score (nSPS) is 12.0. The van der Waals surface area contributed by atoms with Crippen molar-refractivity contribution in [2.75, 3.05) is 34.4 Å². The van der Waals surface area contributed by atoms with Gasteiger partial charge >= 0.3 is 8.80 Å². The van der Waals surface area contributed by atoms with Gasteiger partial charge in [0.2, 0.25) is 0 Å². The summed E-state index contributed by atoms with van der Waals surface area (Å²) in [6, 6.07) is 0.821. The number of nitrogens with two attached hydrogens (primary N) is 1. The van der Waals surface area contributed by atoms with Crippen LogP contribution in [0.15, 0.2) is 6.20 Å². The maximum Gasteiger partial charge on any atom is 0.500 e. The van der Waals surface area contributed by atoms with E-state index in [4.69, 9.17) is 13.3 Å². The highest BCUT2D eigenvalue weighted by Gasteiger charge is 2.37. The average Bonchev–Trinajstić information content (AvgIpc) is 2.92. The Labute approximate surface area is 120 Å². The molecule has 5 N–H and O–H groups in total. The molecule has 0 aliphatic rings. The molecule has 0 fully saturated rings. The molecule has 0 aliphatic heterocycles. The summed E-state index contributed by atoms with van der Waals surface area (Å²) in [5, 5.41) is 10.4. The Kier molecular flexibility index (Phi) is 7.88. The summed E-state index contributed by atoms with van der Waals surface area (Å²) >= 11 is 0. The van der Waals surface area contributed by atoms with E-state index in [1.807, 2.05) is 10.9 Å². The van der Waals surface area contributed by atoms with Gasteiger partial charge in [-0.2, -0.15) is 0 Å². The second-order valence-corrected chi connectivity index (χ2v) is 7.60. The van der Waals surface area contributed by atoms with Crippen LogP contribution < -0.4 is 11.1 Å². The van der Waals surface area contributed by atoms with Gasteiger partial charge in [-0.25, -0.2) is 4.68 Å². The minimum atomic E-state index is -2.41. The van der Waals surface area contributed by atoms with Gasteiger partial charge in [0.15, 0.2) is 0 Å². The molecular formula is C11H27N5O3Si+2. The first-order valence-electron chi connectivity index (χ1n) is 6.85. The van der Waals surface area contributed by atoms with Crippen molar-refractivity contribution in [2.45, 2.75) is 25.6 Å². The van der Waals surface area contributed by atoms with Crippen LogP contribution in [0.25, 0.3) is 0 Å². The predicted molar refractivity (Wildman–Crippen MR) is 74.5 cm³/mol. The number of aromatic nitrogens is 3. The van der Waals surface area contributed by atoms with Crippen molar-refractivity contribution in [2.24, 2.45) is 0 Å². The summed E-state index contributed by atoms with van der Waals surface area (Å²) in [5.74, 6) is 0.